The van der Waals surface area contributed by atoms with Crippen molar-refractivity contribution < 1.29 is 14.6 Å². The number of halogens is 1. The summed E-state index contributed by atoms with van der Waals surface area (Å²) in [6.45, 7) is 1.41. The van der Waals surface area contributed by atoms with Crippen LogP contribution in [0, 0.1) is 11.8 Å². The molecule has 1 saturated carbocycles. The summed E-state index contributed by atoms with van der Waals surface area (Å²) in [5.74, 6) is 1.97. The molecule has 0 atom stereocenters. The van der Waals surface area contributed by atoms with Crippen molar-refractivity contribution in [2.24, 2.45) is 11.8 Å². The van der Waals surface area contributed by atoms with Crippen LogP contribution < -0.4 is 10.1 Å². The molecule has 26 heavy (non-hydrogen) atoms. The Kier molecular flexibility index (Phi) is 6.40. The maximum atomic E-state index is 12.1. The first-order chi connectivity index (χ1) is 12.6. The zero-order valence-electron chi connectivity index (χ0n) is 14.7. The predicted octanol–water partition coefficient (Wildman–Crippen LogP) is 4.66. The fourth-order valence-corrected chi connectivity index (χ4v) is 3.51. The number of nitrogens with one attached hydrogen (secondary N) is 1. The molecular weight excluding hydrogens is 350 g/mol. The number of benzene rings is 2. The van der Waals surface area contributed by atoms with Gasteiger partial charge in [-0.1, -0.05) is 17.7 Å². The lowest BCUT2D eigenvalue weighted by Crippen LogP contribution is -2.32. The highest BCUT2D eigenvalue weighted by atomic mass is 35.5. The van der Waals surface area contributed by atoms with E-state index in [4.69, 9.17) is 16.3 Å². The first-order valence-electron chi connectivity index (χ1n) is 9.06. The third-order valence-corrected chi connectivity index (χ3v) is 5.16. The normalized spacial score (nSPS) is 19.7. The van der Waals surface area contributed by atoms with Crippen molar-refractivity contribution in [3.8, 4) is 11.5 Å². The molecule has 0 saturated heterocycles. The average Bonchev–Trinajstić information content (AvgIpc) is 2.66. The van der Waals surface area contributed by atoms with E-state index in [-0.39, 0.29) is 11.7 Å². The molecule has 2 aromatic rings. The van der Waals surface area contributed by atoms with E-state index in [1.165, 1.54) is 12.1 Å². The molecule has 5 heteroatoms. The van der Waals surface area contributed by atoms with E-state index in [1.54, 1.807) is 12.1 Å². The standard InChI is InChI=1S/C21H24ClNO3/c22-18-2-1-3-20(12-18)26-14-16-6-4-15(5-7-16)13-23-21(25)17-8-10-19(24)11-9-17/h1-3,8-12,15-16,24H,4-7,13-14H2,(H,23,25). The smallest absolute Gasteiger partial charge is 0.251 e. The average molecular weight is 374 g/mol. The minimum atomic E-state index is -0.0867. The second kappa shape index (κ2) is 8.95. The van der Waals surface area contributed by atoms with Gasteiger partial charge in [-0.25, -0.2) is 0 Å². The molecule has 0 aromatic heterocycles. The number of ether oxygens (including phenoxy) is 1. The lowest BCUT2D eigenvalue weighted by Gasteiger charge is -2.28. The third-order valence-electron chi connectivity index (χ3n) is 4.93. The Bertz CT molecular complexity index is 724. The van der Waals surface area contributed by atoms with Gasteiger partial charge in [0.15, 0.2) is 0 Å². The van der Waals surface area contributed by atoms with Gasteiger partial charge in [0, 0.05) is 17.1 Å². The van der Waals surface area contributed by atoms with Crippen molar-refractivity contribution in [3.63, 3.8) is 0 Å². The van der Waals surface area contributed by atoms with Crippen LogP contribution in [0.1, 0.15) is 36.0 Å². The fraction of sp³-hybridized carbons (Fsp3) is 0.381. The third kappa shape index (κ3) is 5.40. The maximum absolute atomic E-state index is 12.1. The molecular formula is C21H24ClNO3. The Balaban J connectivity index is 1.37. The van der Waals surface area contributed by atoms with Crippen molar-refractivity contribution in [1.82, 2.24) is 5.32 Å². The molecule has 0 unspecified atom stereocenters. The molecule has 2 aromatic carbocycles. The number of aromatic hydroxyl groups is 1. The number of hydrogen-bond acceptors (Lipinski definition) is 3. The summed E-state index contributed by atoms with van der Waals surface area (Å²) in [5, 5.41) is 13.0. The Labute approximate surface area is 159 Å². The Morgan fingerprint density at radius 2 is 1.77 bits per heavy atom. The van der Waals surface area contributed by atoms with E-state index in [0.29, 0.717) is 35.6 Å². The Morgan fingerprint density at radius 1 is 1.08 bits per heavy atom. The van der Waals surface area contributed by atoms with Crippen LogP contribution >= 0.6 is 11.6 Å². The molecule has 0 bridgehead atoms. The monoisotopic (exact) mass is 373 g/mol. The highest BCUT2D eigenvalue weighted by molar-refractivity contribution is 6.30. The van der Waals surface area contributed by atoms with E-state index in [9.17, 15) is 9.90 Å². The molecule has 1 aliphatic carbocycles. The Morgan fingerprint density at radius 3 is 2.46 bits per heavy atom. The summed E-state index contributed by atoms with van der Waals surface area (Å²) in [5.41, 5.74) is 0.575. The fourth-order valence-electron chi connectivity index (χ4n) is 3.33. The summed E-state index contributed by atoms with van der Waals surface area (Å²) in [4.78, 5) is 12.1. The van der Waals surface area contributed by atoms with Gasteiger partial charge in [-0.2, -0.15) is 0 Å². The molecule has 1 aliphatic rings. The van der Waals surface area contributed by atoms with Crippen LogP contribution in [-0.2, 0) is 0 Å². The molecule has 0 heterocycles. The lowest BCUT2D eigenvalue weighted by molar-refractivity contribution is 0.0938. The van der Waals surface area contributed by atoms with Crippen molar-refractivity contribution in [2.75, 3.05) is 13.2 Å². The SMILES string of the molecule is O=C(NCC1CCC(COc2cccc(Cl)c2)CC1)c1ccc(O)cc1. The molecule has 1 amide bonds. The molecule has 0 spiro atoms. The zero-order valence-corrected chi connectivity index (χ0v) is 15.4. The van der Waals surface area contributed by atoms with E-state index >= 15 is 0 Å². The van der Waals surface area contributed by atoms with Gasteiger partial charge in [0.05, 0.1) is 6.61 Å². The first-order valence-corrected chi connectivity index (χ1v) is 9.43. The van der Waals surface area contributed by atoms with Crippen LogP contribution in [-0.4, -0.2) is 24.2 Å². The van der Waals surface area contributed by atoms with Crippen LogP contribution in [0.5, 0.6) is 11.5 Å². The number of rotatable bonds is 6. The van der Waals surface area contributed by atoms with Crippen LogP contribution in [0.4, 0.5) is 0 Å². The minimum absolute atomic E-state index is 0.0867. The van der Waals surface area contributed by atoms with Crippen molar-refractivity contribution in [2.45, 2.75) is 25.7 Å². The molecule has 2 N–H and O–H groups in total. The number of phenols is 1. The topological polar surface area (TPSA) is 58.6 Å². The molecule has 4 nitrogen and oxygen atoms in total. The summed E-state index contributed by atoms with van der Waals surface area (Å²) in [7, 11) is 0. The van der Waals surface area contributed by atoms with Gasteiger partial charge >= 0.3 is 0 Å². The van der Waals surface area contributed by atoms with Crippen molar-refractivity contribution >= 4 is 17.5 Å². The zero-order chi connectivity index (χ0) is 18.4. The first kappa shape index (κ1) is 18.6. The summed E-state index contributed by atoms with van der Waals surface area (Å²) >= 11 is 5.97. The largest absolute Gasteiger partial charge is 0.508 e. The molecule has 1 fully saturated rings. The van der Waals surface area contributed by atoms with Crippen LogP contribution in [0.15, 0.2) is 48.5 Å². The number of phenolic OH excluding ortho intramolecular Hbond substituents is 1. The predicted molar refractivity (Wildman–Crippen MR) is 103 cm³/mol. The number of amides is 1. The van der Waals surface area contributed by atoms with E-state index in [2.05, 4.69) is 5.32 Å². The number of carbonyl (C=O) groups excluding carboxylic acids is 1. The maximum Gasteiger partial charge on any atom is 0.251 e. The minimum Gasteiger partial charge on any atom is -0.508 e. The highest BCUT2D eigenvalue weighted by Crippen LogP contribution is 2.29. The molecule has 3 rings (SSSR count). The molecule has 138 valence electrons. The number of hydrogen-bond donors (Lipinski definition) is 2. The van der Waals surface area contributed by atoms with Crippen LogP contribution in [0.25, 0.3) is 0 Å². The van der Waals surface area contributed by atoms with E-state index in [1.807, 2.05) is 24.3 Å². The van der Waals surface area contributed by atoms with Gasteiger partial charge < -0.3 is 15.2 Å². The van der Waals surface area contributed by atoms with Gasteiger partial charge in [-0.15, -0.1) is 0 Å². The summed E-state index contributed by atoms with van der Waals surface area (Å²) in [6, 6.07) is 13.8. The van der Waals surface area contributed by atoms with Crippen molar-refractivity contribution in [3.05, 3.63) is 59.1 Å². The highest BCUT2D eigenvalue weighted by Gasteiger charge is 2.22. The van der Waals surface area contributed by atoms with Gasteiger partial charge in [0.25, 0.3) is 5.91 Å². The summed E-state index contributed by atoms with van der Waals surface area (Å²) in [6.07, 6.45) is 4.42. The van der Waals surface area contributed by atoms with Crippen molar-refractivity contribution in [1.29, 1.82) is 0 Å². The second-order valence-electron chi connectivity index (χ2n) is 6.91. The molecule has 0 radical (unpaired) electrons. The van der Waals surface area contributed by atoms with Gasteiger partial charge in [-0.3, -0.25) is 4.79 Å². The lowest BCUT2D eigenvalue weighted by atomic mass is 9.82. The van der Waals surface area contributed by atoms with Gasteiger partial charge in [0.2, 0.25) is 0 Å². The van der Waals surface area contributed by atoms with Crippen LogP contribution in [0.2, 0.25) is 5.02 Å². The quantitative estimate of drug-likeness (QED) is 0.774. The summed E-state index contributed by atoms with van der Waals surface area (Å²) < 4.78 is 5.85. The van der Waals surface area contributed by atoms with E-state index in [0.717, 1.165) is 31.4 Å². The molecule has 0 aliphatic heterocycles. The van der Waals surface area contributed by atoms with Gasteiger partial charge in [0.1, 0.15) is 11.5 Å². The second-order valence-corrected chi connectivity index (χ2v) is 7.35. The Hall–Kier alpha value is -2.20. The van der Waals surface area contributed by atoms with Gasteiger partial charge in [-0.05, 0) is 80.0 Å². The number of carbonyl (C=O) groups is 1. The van der Waals surface area contributed by atoms with E-state index < -0.39 is 0 Å². The van der Waals surface area contributed by atoms with Crippen LogP contribution in [0.3, 0.4) is 0 Å².